The fourth-order valence-corrected chi connectivity index (χ4v) is 2.58. The van der Waals surface area contributed by atoms with Gasteiger partial charge >= 0.3 is 0 Å². The van der Waals surface area contributed by atoms with Gasteiger partial charge in [0.2, 0.25) is 0 Å². The maximum Gasteiger partial charge on any atom is 0.188 e. The van der Waals surface area contributed by atoms with Crippen LogP contribution in [0.2, 0.25) is 5.02 Å². The molecule has 2 aromatic carbocycles. The number of halogens is 5. The van der Waals surface area contributed by atoms with Crippen molar-refractivity contribution >= 4 is 23.0 Å². The first-order chi connectivity index (χ1) is 11.5. The monoisotopic (exact) mass is 353 g/mol. The molecular formula is C16H8ClF4N3. The third kappa shape index (κ3) is 2.49. The fourth-order valence-electron chi connectivity index (χ4n) is 2.42. The van der Waals surface area contributed by atoms with E-state index in [0.717, 1.165) is 0 Å². The highest BCUT2D eigenvalue weighted by Gasteiger charge is 2.36. The molecule has 2 aromatic rings. The molecule has 1 heterocycles. The number of hydrogen-bond acceptors (Lipinski definition) is 3. The number of hydrogen-bond donors (Lipinski definition) is 0. The van der Waals surface area contributed by atoms with E-state index in [1.54, 1.807) is 30.3 Å². The summed E-state index contributed by atoms with van der Waals surface area (Å²) in [4.78, 5) is 0. The normalized spacial score (nSPS) is 16.9. The van der Waals surface area contributed by atoms with Gasteiger partial charge in [0.25, 0.3) is 0 Å². The number of nitrogens with zero attached hydrogens (tertiary/aromatic N) is 3. The van der Waals surface area contributed by atoms with Gasteiger partial charge in [0.1, 0.15) is 16.8 Å². The lowest BCUT2D eigenvalue weighted by Crippen LogP contribution is -2.27. The minimum Gasteiger partial charge on any atom is -0.241 e. The lowest BCUT2D eigenvalue weighted by molar-refractivity contribution is 0.451. The Kier molecular flexibility index (Phi) is 4.16. The summed E-state index contributed by atoms with van der Waals surface area (Å²) < 4.78 is 55.5. The molecular weight excluding hydrogens is 346 g/mol. The van der Waals surface area contributed by atoms with Gasteiger partial charge in [-0.3, -0.25) is 0 Å². The van der Waals surface area contributed by atoms with Gasteiger partial charge in [-0.25, -0.2) is 22.6 Å². The van der Waals surface area contributed by atoms with Crippen molar-refractivity contribution in [3.8, 4) is 6.07 Å². The predicted molar refractivity (Wildman–Crippen MR) is 80.8 cm³/mol. The van der Waals surface area contributed by atoms with Crippen molar-refractivity contribution in [2.75, 3.05) is 5.01 Å². The average Bonchev–Trinajstić information content (AvgIpc) is 3.03. The molecule has 0 radical (unpaired) electrons. The average molecular weight is 354 g/mol. The van der Waals surface area contributed by atoms with Crippen molar-refractivity contribution in [1.82, 2.24) is 0 Å². The lowest BCUT2D eigenvalue weighted by atomic mass is 10.0. The maximum atomic E-state index is 14.1. The van der Waals surface area contributed by atoms with E-state index in [2.05, 4.69) is 5.10 Å². The third-order valence-corrected chi connectivity index (χ3v) is 3.91. The molecule has 1 aliphatic rings. The highest BCUT2D eigenvalue weighted by molar-refractivity contribution is 6.31. The summed E-state index contributed by atoms with van der Waals surface area (Å²) in [5.74, 6) is -6.86. The Morgan fingerprint density at radius 1 is 1.04 bits per heavy atom. The summed E-state index contributed by atoms with van der Waals surface area (Å²) in [6.45, 7) is 0. The molecule has 0 aliphatic carbocycles. The van der Waals surface area contributed by atoms with Crippen molar-refractivity contribution < 1.29 is 17.6 Å². The molecule has 3 nitrogen and oxygen atoms in total. The highest BCUT2D eigenvalue weighted by atomic mass is 35.5. The van der Waals surface area contributed by atoms with Crippen LogP contribution in [0.15, 0.2) is 35.4 Å². The minimum absolute atomic E-state index is 0.0469. The van der Waals surface area contributed by atoms with Gasteiger partial charge in [-0.1, -0.05) is 41.9 Å². The van der Waals surface area contributed by atoms with Crippen molar-refractivity contribution in [3.05, 3.63) is 64.2 Å². The van der Waals surface area contributed by atoms with Gasteiger partial charge in [0, 0.05) is 6.42 Å². The second-order valence-electron chi connectivity index (χ2n) is 5.02. The first-order valence-electron chi connectivity index (χ1n) is 6.79. The summed E-state index contributed by atoms with van der Waals surface area (Å²) in [6, 6.07) is 9.33. The number of hydrazone groups is 1. The summed E-state index contributed by atoms with van der Waals surface area (Å²) in [5, 5.41) is 12.6. The van der Waals surface area contributed by atoms with Crippen LogP contribution in [0.4, 0.5) is 23.2 Å². The van der Waals surface area contributed by atoms with Gasteiger partial charge in [-0.15, -0.1) is 0 Å². The van der Waals surface area contributed by atoms with Gasteiger partial charge in [0.05, 0.1) is 11.8 Å². The molecule has 1 aliphatic heterocycles. The summed E-state index contributed by atoms with van der Waals surface area (Å²) in [5.41, 5.74) is -0.0698. The number of nitriles is 1. The largest absolute Gasteiger partial charge is 0.241 e. The second-order valence-corrected chi connectivity index (χ2v) is 5.40. The van der Waals surface area contributed by atoms with Gasteiger partial charge in [0.15, 0.2) is 23.3 Å². The maximum absolute atomic E-state index is 14.1. The first kappa shape index (κ1) is 16.3. The van der Waals surface area contributed by atoms with Crippen molar-refractivity contribution in [1.29, 1.82) is 5.26 Å². The smallest absolute Gasteiger partial charge is 0.188 e. The Balaban J connectivity index is 2.15. The van der Waals surface area contributed by atoms with Gasteiger partial charge < -0.3 is 0 Å². The molecule has 0 aromatic heterocycles. The molecule has 24 heavy (non-hydrogen) atoms. The molecule has 0 unspecified atom stereocenters. The van der Waals surface area contributed by atoms with E-state index in [4.69, 9.17) is 11.6 Å². The topological polar surface area (TPSA) is 39.4 Å². The van der Waals surface area contributed by atoms with Gasteiger partial charge in [-0.2, -0.15) is 10.4 Å². The fraction of sp³-hybridized carbons (Fsp3) is 0.125. The van der Waals surface area contributed by atoms with E-state index in [9.17, 15) is 22.8 Å². The minimum atomic E-state index is -1.73. The van der Waals surface area contributed by atoms with Gasteiger partial charge in [-0.05, 0) is 5.56 Å². The van der Waals surface area contributed by atoms with E-state index in [1.807, 2.05) is 6.07 Å². The van der Waals surface area contributed by atoms with Crippen LogP contribution in [0.25, 0.3) is 0 Å². The predicted octanol–water partition coefficient (Wildman–Crippen LogP) is 4.40. The Hall–Kier alpha value is -2.59. The van der Waals surface area contributed by atoms with E-state index in [0.29, 0.717) is 16.3 Å². The molecule has 8 heteroatoms. The zero-order valence-corrected chi connectivity index (χ0v) is 12.7. The van der Waals surface area contributed by atoms with Crippen LogP contribution in [0.1, 0.15) is 12.0 Å². The molecule has 1 atom stereocenters. The SMILES string of the molecule is N#C[C@H]1CC(c2ccccc2)=NN1c1c(F)c(F)c(Cl)c(F)c1F. The highest BCUT2D eigenvalue weighted by Crippen LogP contribution is 2.36. The van der Waals surface area contributed by atoms with Crippen LogP contribution in [-0.4, -0.2) is 11.8 Å². The Labute approximate surface area is 139 Å². The molecule has 0 N–H and O–H groups in total. The molecule has 3 rings (SSSR count). The first-order valence-corrected chi connectivity index (χ1v) is 7.16. The van der Waals surface area contributed by atoms with Crippen LogP contribution < -0.4 is 5.01 Å². The summed E-state index contributed by atoms with van der Waals surface area (Å²) in [6.07, 6.45) is 0.0469. The quantitative estimate of drug-likeness (QED) is 0.456. The van der Waals surface area contributed by atoms with Crippen LogP contribution in [-0.2, 0) is 0 Å². The van der Waals surface area contributed by atoms with Crippen LogP contribution >= 0.6 is 11.6 Å². The van der Waals surface area contributed by atoms with Crippen molar-refractivity contribution in [3.63, 3.8) is 0 Å². The Bertz CT molecular complexity index is 848. The van der Waals surface area contributed by atoms with Crippen LogP contribution in [0, 0.1) is 34.6 Å². The second kappa shape index (κ2) is 6.13. The van der Waals surface area contributed by atoms with E-state index < -0.39 is 40.0 Å². The molecule has 0 saturated carbocycles. The molecule has 122 valence electrons. The molecule has 0 spiro atoms. The van der Waals surface area contributed by atoms with Crippen LogP contribution in [0.5, 0.6) is 0 Å². The Morgan fingerprint density at radius 3 is 2.17 bits per heavy atom. The summed E-state index contributed by atoms with van der Waals surface area (Å²) >= 11 is 5.21. The Morgan fingerprint density at radius 2 is 1.62 bits per heavy atom. The van der Waals surface area contributed by atoms with Crippen molar-refractivity contribution in [2.24, 2.45) is 5.10 Å². The van der Waals surface area contributed by atoms with E-state index >= 15 is 0 Å². The third-order valence-electron chi connectivity index (χ3n) is 3.58. The molecule has 0 bridgehead atoms. The van der Waals surface area contributed by atoms with E-state index in [-0.39, 0.29) is 6.42 Å². The number of anilines is 1. The summed E-state index contributed by atoms with van der Waals surface area (Å²) in [7, 11) is 0. The zero-order chi connectivity index (χ0) is 17.4. The number of benzene rings is 2. The van der Waals surface area contributed by atoms with Crippen molar-refractivity contribution in [2.45, 2.75) is 12.5 Å². The lowest BCUT2D eigenvalue weighted by Gasteiger charge is -2.20. The molecule has 0 amide bonds. The molecule has 0 fully saturated rings. The number of rotatable bonds is 2. The zero-order valence-electron chi connectivity index (χ0n) is 11.9. The molecule has 0 saturated heterocycles. The van der Waals surface area contributed by atoms with Crippen LogP contribution in [0.3, 0.4) is 0 Å². The standard InChI is InChI=1S/C16H8ClF4N3/c17-11-12(18)14(20)16(15(21)13(11)19)24-9(7-22)6-10(23-24)8-4-2-1-3-5-8/h1-5,9H,6H2/t9-/m1/s1. The van der Waals surface area contributed by atoms with E-state index in [1.165, 1.54) is 0 Å².